The predicted molar refractivity (Wildman–Crippen MR) is 68.8 cm³/mol. The van der Waals surface area contributed by atoms with E-state index in [0.29, 0.717) is 18.9 Å². The molecule has 2 aliphatic heterocycles. The van der Waals surface area contributed by atoms with E-state index in [1.54, 1.807) is 0 Å². The van der Waals surface area contributed by atoms with Crippen LogP contribution >= 0.6 is 0 Å². The fourth-order valence-electron chi connectivity index (χ4n) is 3.34. The van der Waals surface area contributed by atoms with Crippen molar-refractivity contribution < 1.29 is 14.7 Å². The van der Waals surface area contributed by atoms with Gasteiger partial charge in [-0.3, -0.25) is 9.69 Å². The summed E-state index contributed by atoms with van der Waals surface area (Å²) in [5.41, 5.74) is -0.688. The van der Waals surface area contributed by atoms with Gasteiger partial charge in [-0.25, -0.2) is 4.79 Å². The number of carbonyl (C=O) groups excluding carboxylic acids is 1. The average molecular weight is 267 g/mol. The first-order valence-electron chi connectivity index (χ1n) is 7.13. The Morgan fingerprint density at radius 3 is 2.74 bits per heavy atom. The van der Waals surface area contributed by atoms with Crippen LogP contribution in [0.15, 0.2) is 0 Å². The Morgan fingerprint density at radius 2 is 2.05 bits per heavy atom. The molecule has 0 aromatic heterocycles. The predicted octanol–water partition coefficient (Wildman–Crippen LogP) is 0.387. The van der Waals surface area contributed by atoms with Crippen molar-refractivity contribution in [2.24, 2.45) is 5.41 Å². The van der Waals surface area contributed by atoms with Crippen molar-refractivity contribution >= 4 is 12.0 Å². The Labute approximate surface area is 112 Å². The van der Waals surface area contributed by atoms with Gasteiger partial charge in [0.05, 0.1) is 5.41 Å². The van der Waals surface area contributed by atoms with Gasteiger partial charge < -0.3 is 15.7 Å². The second-order valence-corrected chi connectivity index (χ2v) is 6.05. The lowest BCUT2D eigenvalue weighted by atomic mass is 10.1. The van der Waals surface area contributed by atoms with Gasteiger partial charge in [-0.1, -0.05) is 0 Å². The number of carboxylic acids is 1. The van der Waals surface area contributed by atoms with Crippen LogP contribution in [0.5, 0.6) is 0 Å². The molecule has 6 nitrogen and oxygen atoms in total. The number of aliphatic carboxylic acids is 1. The number of nitrogens with one attached hydrogen (secondary N) is 2. The van der Waals surface area contributed by atoms with Crippen LogP contribution in [-0.2, 0) is 4.79 Å². The molecule has 19 heavy (non-hydrogen) atoms. The molecule has 3 aliphatic rings. The third-order valence-corrected chi connectivity index (χ3v) is 4.82. The van der Waals surface area contributed by atoms with Gasteiger partial charge in [0.2, 0.25) is 0 Å². The minimum Gasteiger partial charge on any atom is -0.481 e. The first-order chi connectivity index (χ1) is 9.11. The first-order valence-corrected chi connectivity index (χ1v) is 7.13. The van der Waals surface area contributed by atoms with Gasteiger partial charge in [-0.05, 0) is 38.6 Å². The van der Waals surface area contributed by atoms with Crippen LogP contribution in [0.2, 0.25) is 0 Å². The molecule has 2 atom stereocenters. The lowest BCUT2D eigenvalue weighted by Gasteiger charge is -2.22. The smallest absolute Gasteiger partial charge is 0.315 e. The summed E-state index contributed by atoms with van der Waals surface area (Å²) in [5, 5.41) is 14.8. The Bertz CT molecular complexity index is 395. The molecule has 2 heterocycles. The van der Waals surface area contributed by atoms with Crippen LogP contribution in [0, 0.1) is 5.41 Å². The quantitative estimate of drug-likeness (QED) is 0.688. The zero-order chi connectivity index (χ0) is 13.5. The molecule has 0 aromatic rings. The molecule has 2 unspecified atom stereocenters. The van der Waals surface area contributed by atoms with Crippen molar-refractivity contribution in [2.75, 3.05) is 19.6 Å². The van der Waals surface area contributed by atoms with E-state index in [0.717, 1.165) is 25.9 Å². The lowest BCUT2D eigenvalue weighted by molar-refractivity contribution is -0.143. The molecule has 0 bridgehead atoms. The molecule has 3 fully saturated rings. The number of hydrogen-bond donors (Lipinski definition) is 3. The number of urea groups is 1. The van der Waals surface area contributed by atoms with Gasteiger partial charge in [0.1, 0.15) is 0 Å². The fourth-order valence-corrected chi connectivity index (χ4v) is 3.34. The Morgan fingerprint density at radius 1 is 1.26 bits per heavy atom. The van der Waals surface area contributed by atoms with E-state index in [2.05, 4.69) is 15.5 Å². The minimum atomic E-state index is -0.796. The monoisotopic (exact) mass is 267 g/mol. The normalized spacial score (nSPS) is 31.8. The molecule has 0 aromatic carbocycles. The van der Waals surface area contributed by atoms with Crippen LogP contribution in [-0.4, -0.2) is 53.7 Å². The number of carboxylic acid groups (broad SMARTS) is 1. The molecular formula is C13H21N3O3. The van der Waals surface area contributed by atoms with Gasteiger partial charge in [-0.15, -0.1) is 0 Å². The molecule has 1 saturated carbocycles. The number of amides is 2. The summed E-state index contributed by atoms with van der Waals surface area (Å²) in [6.45, 7) is 2.45. The van der Waals surface area contributed by atoms with Gasteiger partial charge >= 0.3 is 12.0 Å². The number of nitrogens with zero attached hydrogens (tertiary/aromatic N) is 1. The molecule has 106 valence electrons. The summed E-state index contributed by atoms with van der Waals surface area (Å²) in [7, 11) is 0. The number of fused-ring (bicyclic) bond motifs is 1. The van der Waals surface area contributed by atoms with Gasteiger partial charge in [0.15, 0.2) is 0 Å². The highest BCUT2D eigenvalue weighted by molar-refractivity contribution is 5.80. The zero-order valence-electron chi connectivity index (χ0n) is 11.0. The van der Waals surface area contributed by atoms with Crippen molar-refractivity contribution in [3.05, 3.63) is 0 Å². The van der Waals surface area contributed by atoms with Crippen molar-refractivity contribution in [1.82, 2.24) is 15.5 Å². The zero-order valence-corrected chi connectivity index (χ0v) is 11.0. The van der Waals surface area contributed by atoms with Crippen LogP contribution in [0.3, 0.4) is 0 Å². The molecule has 2 saturated heterocycles. The van der Waals surface area contributed by atoms with E-state index in [-0.39, 0.29) is 18.6 Å². The number of rotatable bonds is 4. The maximum atomic E-state index is 11.9. The Hall–Kier alpha value is -1.30. The van der Waals surface area contributed by atoms with E-state index in [9.17, 15) is 9.59 Å². The molecule has 6 heteroatoms. The molecule has 0 spiro atoms. The van der Waals surface area contributed by atoms with Crippen molar-refractivity contribution in [3.63, 3.8) is 0 Å². The third-order valence-electron chi connectivity index (χ3n) is 4.82. The average Bonchev–Trinajstić information content (AvgIpc) is 2.87. The van der Waals surface area contributed by atoms with E-state index in [1.807, 2.05) is 0 Å². The highest BCUT2D eigenvalue weighted by atomic mass is 16.4. The first kappa shape index (κ1) is 12.7. The third kappa shape index (κ3) is 2.41. The topological polar surface area (TPSA) is 81.7 Å². The fraction of sp³-hybridized carbons (Fsp3) is 0.846. The van der Waals surface area contributed by atoms with Crippen molar-refractivity contribution in [3.8, 4) is 0 Å². The summed E-state index contributed by atoms with van der Waals surface area (Å²) in [5.74, 6) is -0.796. The van der Waals surface area contributed by atoms with Gasteiger partial charge in [0.25, 0.3) is 0 Å². The standard InChI is InChI=1S/C13H21N3O3/c17-11(18)13(4-5-13)8-14-12(19)15-9-3-7-16-6-1-2-10(9)16/h9-10H,1-8H2,(H,17,18)(H2,14,15,19). The maximum Gasteiger partial charge on any atom is 0.315 e. The summed E-state index contributed by atoms with van der Waals surface area (Å²) in [4.78, 5) is 25.3. The summed E-state index contributed by atoms with van der Waals surface area (Å²) >= 11 is 0. The van der Waals surface area contributed by atoms with Crippen molar-refractivity contribution in [2.45, 2.75) is 44.2 Å². The van der Waals surface area contributed by atoms with Crippen LogP contribution in [0.25, 0.3) is 0 Å². The number of hydrogen-bond acceptors (Lipinski definition) is 3. The largest absolute Gasteiger partial charge is 0.481 e. The molecular weight excluding hydrogens is 246 g/mol. The summed E-state index contributed by atoms with van der Waals surface area (Å²) < 4.78 is 0. The van der Waals surface area contributed by atoms with Crippen LogP contribution in [0.4, 0.5) is 4.79 Å². The van der Waals surface area contributed by atoms with Crippen LogP contribution in [0.1, 0.15) is 32.1 Å². The summed E-state index contributed by atoms with van der Waals surface area (Å²) in [6.07, 6.45) is 4.71. The molecule has 0 radical (unpaired) electrons. The second kappa shape index (κ2) is 4.67. The SMILES string of the molecule is O=C(NCC1(C(=O)O)CC1)NC1CCN2CCCC12. The van der Waals surface area contributed by atoms with E-state index in [1.165, 1.54) is 6.42 Å². The highest BCUT2D eigenvalue weighted by Crippen LogP contribution is 2.45. The maximum absolute atomic E-state index is 11.9. The van der Waals surface area contributed by atoms with Crippen LogP contribution < -0.4 is 10.6 Å². The van der Waals surface area contributed by atoms with E-state index >= 15 is 0 Å². The highest BCUT2D eigenvalue weighted by Gasteiger charge is 2.50. The number of carbonyl (C=O) groups is 2. The lowest BCUT2D eigenvalue weighted by Crippen LogP contribution is -2.48. The Kier molecular flexibility index (Phi) is 3.12. The van der Waals surface area contributed by atoms with Gasteiger partial charge in [0, 0.05) is 25.2 Å². The van der Waals surface area contributed by atoms with E-state index < -0.39 is 11.4 Å². The molecule has 2 amide bonds. The summed E-state index contributed by atoms with van der Waals surface area (Å²) in [6, 6.07) is 0.494. The van der Waals surface area contributed by atoms with Gasteiger partial charge in [-0.2, -0.15) is 0 Å². The Balaban J connectivity index is 1.45. The molecule has 3 rings (SSSR count). The second-order valence-electron chi connectivity index (χ2n) is 6.05. The van der Waals surface area contributed by atoms with E-state index in [4.69, 9.17) is 5.11 Å². The minimum absolute atomic E-state index is 0.216. The molecule has 3 N–H and O–H groups in total. The molecule has 1 aliphatic carbocycles. The van der Waals surface area contributed by atoms with Crippen molar-refractivity contribution in [1.29, 1.82) is 0 Å².